The molecule has 0 saturated heterocycles. The Labute approximate surface area is 127 Å². The molecule has 1 aromatic carbocycles. The van der Waals surface area contributed by atoms with Gasteiger partial charge in [-0.1, -0.05) is 36.7 Å². The van der Waals surface area contributed by atoms with Crippen LogP contribution in [0.3, 0.4) is 0 Å². The van der Waals surface area contributed by atoms with Gasteiger partial charge in [0, 0.05) is 23.7 Å². The highest BCUT2D eigenvalue weighted by Gasteiger charge is 2.20. The van der Waals surface area contributed by atoms with Crippen molar-refractivity contribution in [2.24, 2.45) is 0 Å². The number of halogens is 1. The van der Waals surface area contributed by atoms with Gasteiger partial charge in [-0.3, -0.25) is 14.5 Å². The highest BCUT2D eigenvalue weighted by atomic mass is 35.5. The van der Waals surface area contributed by atoms with Crippen LogP contribution in [-0.2, 0) is 6.54 Å². The van der Waals surface area contributed by atoms with Gasteiger partial charge in [-0.25, -0.2) is 0 Å². The fraction of sp³-hybridized carbons (Fsp3) is 0.188. The maximum absolute atomic E-state index is 12.9. The molecule has 0 radical (unpaired) electrons. The lowest BCUT2D eigenvalue weighted by molar-refractivity contribution is 0.103. The Morgan fingerprint density at radius 1 is 1.29 bits per heavy atom. The highest BCUT2D eigenvalue weighted by Crippen LogP contribution is 2.23. The first-order chi connectivity index (χ1) is 10.2. The Morgan fingerprint density at radius 3 is 2.90 bits per heavy atom. The standard InChI is InChI=1S/C16H14ClN3O/c1-2-9-20-15(13(17)10-19-20)16(21)12-7-8-18-14-6-4-3-5-11(12)14/h3-8,10H,2,9H2,1H3. The number of ketones is 1. The minimum Gasteiger partial charge on any atom is -0.287 e. The maximum atomic E-state index is 12.9. The molecule has 0 N–H and O–H groups in total. The minimum atomic E-state index is -0.121. The van der Waals surface area contributed by atoms with Gasteiger partial charge in [-0.2, -0.15) is 5.10 Å². The van der Waals surface area contributed by atoms with E-state index in [-0.39, 0.29) is 5.78 Å². The summed E-state index contributed by atoms with van der Waals surface area (Å²) in [7, 11) is 0. The van der Waals surface area contributed by atoms with Crippen LogP contribution in [0, 0.1) is 0 Å². The zero-order chi connectivity index (χ0) is 14.8. The van der Waals surface area contributed by atoms with Crippen LogP contribution in [0.2, 0.25) is 5.02 Å². The monoisotopic (exact) mass is 299 g/mol. The van der Waals surface area contributed by atoms with Crippen molar-refractivity contribution in [3.05, 3.63) is 59.0 Å². The molecule has 5 heteroatoms. The topological polar surface area (TPSA) is 47.8 Å². The van der Waals surface area contributed by atoms with Crippen molar-refractivity contribution in [2.45, 2.75) is 19.9 Å². The Balaban J connectivity index is 2.15. The van der Waals surface area contributed by atoms with E-state index in [1.807, 2.05) is 31.2 Å². The molecule has 0 amide bonds. The molecule has 0 aliphatic carbocycles. The second kappa shape index (κ2) is 5.66. The molecule has 0 aliphatic heterocycles. The molecule has 4 nitrogen and oxygen atoms in total. The predicted molar refractivity (Wildman–Crippen MR) is 82.7 cm³/mol. The summed E-state index contributed by atoms with van der Waals surface area (Å²) in [4.78, 5) is 17.1. The van der Waals surface area contributed by atoms with E-state index in [2.05, 4.69) is 10.1 Å². The average molecular weight is 300 g/mol. The van der Waals surface area contributed by atoms with Gasteiger partial charge < -0.3 is 0 Å². The van der Waals surface area contributed by atoms with Crippen molar-refractivity contribution in [3.63, 3.8) is 0 Å². The minimum absolute atomic E-state index is 0.121. The third-order valence-electron chi connectivity index (χ3n) is 3.34. The number of hydrogen-bond donors (Lipinski definition) is 0. The van der Waals surface area contributed by atoms with Gasteiger partial charge in [0.15, 0.2) is 0 Å². The number of carbonyl (C=O) groups is 1. The number of pyridine rings is 1. The van der Waals surface area contributed by atoms with Gasteiger partial charge in [0.25, 0.3) is 0 Å². The summed E-state index contributed by atoms with van der Waals surface area (Å²) in [5.74, 6) is -0.121. The number of nitrogens with zero attached hydrogens (tertiary/aromatic N) is 3. The van der Waals surface area contributed by atoms with E-state index >= 15 is 0 Å². The molecule has 21 heavy (non-hydrogen) atoms. The fourth-order valence-corrected chi connectivity index (χ4v) is 2.62. The molecule has 0 aliphatic rings. The van der Waals surface area contributed by atoms with E-state index in [0.29, 0.717) is 22.8 Å². The summed E-state index contributed by atoms with van der Waals surface area (Å²) in [6.07, 6.45) is 4.05. The van der Waals surface area contributed by atoms with Crippen LogP contribution < -0.4 is 0 Å². The second-order valence-corrected chi connectivity index (χ2v) is 5.18. The summed E-state index contributed by atoms with van der Waals surface area (Å²) in [6, 6.07) is 9.30. The predicted octanol–water partition coefficient (Wildman–Crippen LogP) is 3.73. The molecule has 0 atom stereocenters. The summed E-state index contributed by atoms with van der Waals surface area (Å²) < 4.78 is 1.67. The number of hydrogen-bond acceptors (Lipinski definition) is 3. The normalized spacial score (nSPS) is 11.0. The smallest absolute Gasteiger partial charge is 0.213 e. The number of carbonyl (C=O) groups excluding carboxylic acids is 1. The number of para-hydroxylation sites is 1. The maximum Gasteiger partial charge on any atom is 0.213 e. The number of aromatic nitrogens is 3. The summed E-state index contributed by atoms with van der Waals surface area (Å²) in [5, 5.41) is 5.39. The van der Waals surface area contributed by atoms with Gasteiger partial charge in [0.1, 0.15) is 5.69 Å². The van der Waals surface area contributed by atoms with Gasteiger partial charge in [-0.15, -0.1) is 0 Å². The van der Waals surface area contributed by atoms with Gasteiger partial charge in [0.2, 0.25) is 5.78 Å². The van der Waals surface area contributed by atoms with Crippen LogP contribution in [-0.4, -0.2) is 20.5 Å². The molecule has 3 rings (SSSR count). The molecular weight excluding hydrogens is 286 g/mol. The molecular formula is C16H14ClN3O. The number of benzene rings is 1. The molecule has 106 valence electrons. The lowest BCUT2D eigenvalue weighted by Crippen LogP contribution is -2.12. The summed E-state index contributed by atoms with van der Waals surface area (Å²) in [5.41, 5.74) is 1.83. The molecule has 0 bridgehead atoms. The largest absolute Gasteiger partial charge is 0.287 e. The highest BCUT2D eigenvalue weighted by molar-refractivity contribution is 6.35. The van der Waals surface area contributed by atoms with Crippen molar-refractivity contribution in [1.29, 1.82) is 0 Å². The second-order valence-electron chi connectivity index (χ2n) is 4.77. The Hall–Kier alpha value is -2.20. The van der Waals surface area contributed by atoms with Crippen molar-refractivity contribution < 1.29 is 4.79 Å². The van der Waals surface area contributed by atoms with Crippen molar-refractivity contribution in [1.82, 2.24) is 14.8 Å². The molecule has 0 spiro atoms. The SMILES string of the molecule is CCCn1ncc(Cl)c1C(=O)c1ccnc2ccccc12. The van der Waals surface area contributed by atoms with Crippen LogP contribution >= 0.6 is 11.6 Å². The third-order valence-corrected chi connectivity index (χ3v) is 3.62. The average Bonchev–Trinajstić information content (AvgIpc) is 2.87. The van der Waals surface area contributed by atoms with Crippen LogP contribution in [0.5, 0.6) is 0 Å². The van der Waals surface area contributed by atoms with Crippen LogP contribution in [0.15, 0.2) is 42.7 Å². The third kappa shape index (κ3) is 2.43. The molecule has 0 saturated carbocycles. The van der Waals surface area contributed by atoms with Crippen LogP contribution in [0.4, 0.5) is 0 Å². The molecule has 0 fully saturated rings. The summed E-state index contributed by atoms with van der Waals surface area (Å²) >= 11 is 6.16. The quantitative estimate of drug-likeness (QED) is 0.690. The fourth-order valence-electron chi connectivity index (χ4n) is 2.39. The van der Waals surface area contributed by atoms with Crippen molar-refractivity contribution in [3.8, 4) is 0 Å². The summed E-state index contributed by atoms with van der Waals surface area (Å²) in [6.45, 7) is 2.70. The molecule has 2 heterocycles. The van der Waals surface area contributed by atoms with E-state index in [1.54, 1.807) is 16.9 Å². The van der Waals surface area contributed by atoms with E-state index in [1.165, 1.54) is 6.20 Å². The Kier molecular flexibility index (Phi) is 3.71. The lowest BCUT2D eigenvalue weighted by atomic mass is 10.0. The van der Waals surface area contributed by atoms with E-state index in [4.69, 9.17) is 11.6 Å². The number of rotatable bonds is 4. The lowest BCUT2D eigenvalue weighted by Gasteiger charge is -2.08. The van der Waals surface area contributed by atoms with E-state index in [9.17, 15) is 4.79 Å². The Bertz CT molecular complexity index is 805. The first kappa shape index (κ1) is 13.8. The molecule has 3 aromatic rings. The van der Waals surface area contributed by atoms with Crippen molar-refractivity contribution in [2.75, 3.05) is 0 Å². The first-order valence-corrected chi connectivity index (χ1v) is 7.20. The van der Waals surface area contributed by atoms with E-state index in [0.717, 1.165) is 17.3 Å². The molecule has 2 aromatic heterocycles. The van der Waals surface area contributed by atoms with Crippen LogP contribution in [0.25, 0.3) is 10.9 Å². The number of fused-ring (bicyclic) bond motifs is 1. The van der Waals surface area contributed by atoms with E-state index < -0.39 is 0 Å². The van der Waals surface area contributed by atoms with Gasteiger partial charge in [0.05, 0.1) is 16.7 Å². The first-order valence-electron chi connectivity index (χ1n) is 6.82. The zero-order valence-electron chi connectivity index (χ0n) is 11.6. The molecule has 0 unspecified atom stereocenters. The number of aryl methyl sites for hydroxylation is 1. The van der Waals surface area contributed by atoms with Crippen LogP contribution in [0.1, 0.15) is 29.4 Å². The Morgan fingerprint density at radius 2 is 2.10 bits per heavy atom. The zero-order valence-corrected chi connectivity index (χ0v) is 12.3. The van der Waals surface area contributed by atoms with Gasteiger partial charge in [-0.05, 0) is 18.6 Å². The van der Waals surface area contributed by atoms with Crippen molar-refractivity contribution >= 4 is 28.3 Å². The van der Waals surface area contributed by atoms with Gasteiger partial charge >= 0.3 is 0 Å².